The van der Waals surface area contributed by atoms with E-state index in [0.29, 0.717) is 24.0 Å². The Morgan fingerprint density at radius 1 is 1.00 bits per heavy atom. The smallest absolute Gasteiger partial charge is 0.223 e. The number of hydrogen-bond acceptors (Lipinski definition) is 2. The topological polar surface area (TPSA) is 65.5 Å². The molecule has 0 spiro atoms. The summed E-state index contributed by atoms with van der Waals surface area (Å²) in [6.45, 7) is 2.83. The van der Waals surface area contributed by atoms with Crippen LogP contribution in [-0.2, 0) is 4.79 Å². The summed E-state index contributed by atoms with van der Waals surface area (Å²) in [6, 6.07) is 12.0. The molecule has 0 saturated heterocycles. The van der Waals surface area contributed by atoms with E-state index in [0.717, 1.165) is 57.5 Å². The number of hydrogen-bond donors (Lipinski definition) is 3. The maximum atomic E-state index is 12.4. The van der Waals surface area contributed by atoms with E-state index < -0.39 is 0 Å². The molecule has 0 bridgehead atoms. The van der Waals surface area contributed by atoms with Crippen molar-refractivity contribution in [3.05, 3.63) is 35.9 Å². The lowest BCUT2D eigenvalue weighted by Crippen LogP contribution is -2.48. The number of amides is 1. The number of rotatable bonds is 6. The minimum Gasteiger partial charge on any atom is -0.354 e. The van der Waals surface area contributed by atoms with E-state index in [-0.39, 0.29) is 11.8 Å². The van der Waals surface area contributed by atoms with Crippen molar-refractivity contribution in [1.82, 2.24) is 16.0 Å². The molecule has 3 fully saturated rings. The predicted molar refractivity (Wildman–Crippen MR) is 109 cm³/mol. The van der Waals surface area contributed by atoms with Gasteiger partial charge in [0.1, 0.15) is 0 Å². The average molecular weight is 369 g/mol. The number of carbonyl (C=O) groups is 1. The van der Waals surface area contributed by atoms with E-state index >= 15 is 0 Å². The van der Waals surface area contributed by atoms with Gasteiger partial charge in [-0.15, -0.1) is 0 Å². The second kappa shape index (κ2) is 8.32. The minimum atomic E-state index is 0.151. The molecule has 3 N–H and O–H groups in total. The fourth-order valence-electron chi connectivity index (χ4n) is 4.19. The molecule has 3 aliphatic carbocycles. The number of benzene rings is 1. The number of nitrogens with zero attached hydrogens (tertiary/aromatic N) is 1. The highest BCUT2D eigenvalue weighted by molar-refractivity contribution is 5.82. The van der Waals surface area contributed by atoms with Gasteiger partial charge < -0.3 is 16.0 Å². The van der Waals surface area contributed by atoms with Crippen molar-refractivity contribution in [2.75, 3.05) is 6.54 Å². The summed E-state index contributed by atoms with van der Waals surface area (Å²) >= 11 is 0. The van der Waals surface area contributed by atoms with E-state index in [1.54, 1.807) is 0 Å². The van der Waals surface area contributed by atoms with Gasteiger partial charge in [-0.05, 0) is 51.0 Å². The highest BCUT2D eigenvalue weighted by Gasteiger charge is 2.39. The third kappa shape index (κ3) is 5.02. The predicted octanol–water partition coefficient (Wildman–Crippen LogP) is 2.94. The lowest BCUT2D eigenvalue weighted by molar-refractivity contribution is -0.126. The molecule has 3 saturated carbocycles. The molecule has 27 heavy (non-hydrogen) atoms. The summed E-state index contributed by atoms with van der Waals surface area (Å²) in [4.78, 5) is 17.1. The second-order valence-electron chi connectivity index (χ2n) is 8.31. The van der Waals surface area contributed by atoms with Gasteiger partial charge in [0.15, 0.2) is 5.96 Å². The Morgan fingerprint density at radius 2 is 1.81 bits per heavy atom. The summed E-state index contributed by atoms with van der Waals surface area (Å²) in [5, 5.41) is 10.4. The fourth-order valence-corrected chi connectivity index (χ4v) is 4.19. The lowest BCUT2D eigenvalue weighted by Gasteiger charge is -2.30. The Labute approximate surface area is 162 Å². The van der Waals surface area contributed by atoms with Crippen LogP contribution in [0, 0.1) is 5.92 Å². The largest absolute Gasteiger partial charge is 0.354 e. The van der Waals surface area contributed by atoms with Crippen LogP contribution < -0.4 is 16.0 Å². The third-order valence-corrected chi connectivity index (χ3v) is 5.97. The van der Waals surface area contributed by atoms with Gasteiger partial charge in [0, 0.05) is 36.5 Å². The van der Waals surface area contributed by atoms with Crippen molar-refractivity contribution in [1.29, 1.82) is 0 Å². The maximum Gasteiger partial charge on any atom is 0.223 e. The van der Waals surface area contributed by atoms with Crippen LogP contribution in [0.25, 0.3) is 0 Å². The summed E-state index contributed by atoms with van der Waals surface area (Å²) in [7, 11) is 0. The fraction of sp³-hybridized carbons (Fsp3) is 0.636. The summed E-state index contributed by atoms with van der Waals surface area (Å²) in [5.74, 6) is 1.91. The van der Waals surface area contributed by atoms with Crippen molar-refractivity contribution < 1.29 is 4.79 Å². The van der Waals surface area contributed by atoms with Crippen LogP contribution in [0.5, 0.6) is 0 Å². The molecule has 146 valence electrons. The Bertz CT molecular complexity index is 670. The Morgan fingerprint density at radius 3 is 2.56 bits per heavy atom. The number of guanidine groups is 1. The zero-order valence-corrected chi connectivity index (χ0v) is 16.3. The first-order valence-electron chi connectivity index (χ1n) is 10.7. The molecule has 0 radical (unpaired) electrons. The Balaban J connectivity index is 1.29. The second-order valence-corrected chi connectivity index (χ2v) is 8.31. The molecule has 1 aromatic carbocycles. The molecule has 4 atom stereocenters. The standard InChI is InChI=1S/C22H32N4O/c1-2-23-22(26-20-14-19(20)15-7-4-3-5-8-15)25-18-10-6-9-16(13-18)21(27)24-17-11-12-17/h3-5,7-8,16-20H,2,6,9-14H2,1H3,(H,24,27)(H2,23,25,26). The maximum absolute atomic E-state index is 12.4. The minimum absolute atomic E-state index is 0.151. The molecule has 0 aliphatic heterocycles. The molecule has 1 amide bonds. The zero-order valence-electron chi connectivity index (χ0n) is 16.3. The van der Waals surface area contributed by atoms with E-state index in [1.165, 1.54) is 5.56 Å². The molecular weight excluding hydrogens is 336 g/mol. The summed E-state index contributed by atoms with van der Waals surface area (Å²) in [5.41, 5.74) is 1.40. The van der Waals surface area contributed by atoms with Crippen LogP contribution >= 0.6 is 0 Å². The lowest BCUT2D eigenvalue weighted by atomic mass is 9.85. The van der Waals surface area contributed by atoms with E-state index in [2.05, 4.69) is 58.2 Å². The van der Waals surface area contributed by atoms with Crippen LogP contribution in [0.3, 0.4) is 0 Å². The van der Waals surface area contributed by atoms with Crippen LogP contribution in [0.4, 0.5) is 0 Å². The van der Waals surface area contributed by atoms with Gasteiger partial charge in [0.2, 0.25) is 5.91 Å². The molecule has 4 rings (SSSR count). The molecule has 4 unspecified atom stereocenters. The Kier molecular flexibility index (Phi) is 5.65. The first kappa shape index (κ1) is 18.3. The Hall–Kier alpha value is -2.04. The molecule has 1 aromatic rings. The average Bonchev–Trinajstić information content (AvgIpc) is 3.60. The monoisotopic (exact) mass is 368 g/mol. The van der Waals surface area contributed by atoms with Gasteiger partial charge in [0.05, 0.1) is 0 Å². The first-order chi connectivity index (χ1) is 13.2. The third-order valence-electron chi connectivity index (χ3n) is 5.97. The van der Waals surface area contributed by atoms with Crippen LogP contribution in [0.15, 0.2) is 35.3 Å². The van der Waals surface area contributed by atoms with E-state index in [1.807, 2.05) is 0 Å². The highest BCUT2D eigenvalue weighted by Crippen LogP contribution is 2.40. The number of aliphatic imine (C=N–C) groups is 1. The highest BCUT2D eigenvalue weighted by atomic mass is 16.2. The molecule has 0 heterocycles. The van der Waals surface area contributed by atoms with Crippen LogP contribution in [-0.4, -0.2) is 36.5 Å². The number of nitrogens with one attached hydrogen (secondary N) is 3. The molecule has 0 aromatic heterocycles. The van der Waals surface area contributed by atoms with Gasteiger partial charge >= 0.3 is 0 Å². The molecule has 5 heteroatoms. The molecule has 3 aliphatic rings. The van der Waals surface area contributed by atoms with Gasteiger partial charge in [0.25, 0.3) is 0 Å². The van der Waals surface area contributed by atoms with Gasteiger partial charge in [-0.1, -0.05) is 36.8 Å². The van der Waals surface area contributed by atoms with Crippen molar-refractivity contribution in [2.24, 2.45) is 10.9 Å². The van der Waals surface area contributed by atoms with Gasteiger partial charge in [-0.2, -0.15) is 0 Å². The van der Waals surface area contributed by atoms with Gasteiger partial charge in [-0.25, -0.2) is 0 Å². The SMILES string of the molecule is CCN=C(NC1CCCC(C(=O)NC2CC2)C1)NC1CC1c1ccccc1. The van der Waals surface area contributed by atoms with Gasteiger partial charge in [-0.3, -0.25) is 9.79 Å². The normalized spacial score (nSPS) is 30.5. The first-order valence-corrected chi connectivity index (χ1v) is 10.7. The van der Waals surface area contributed by atoms with Crippen LogP contribution in [0.2, 0.25) is 0 Å². The van der Waals surface area contributed by atoms with Crippen molar-refractivity contribution >= 4 is 11.9 Å². The zero-order chi connectivity index (χ0) is 18.6. The van der Waals surface area contributed by atoms with E-state index in [9.17, 15) is 4.79 Å². The summed E-state index contributed by atoms with van der Waals surface area (Å²) < 4.78 is 0. The van der Waals surface area contributed by atoms with Crippen LogP contribution in [0.1, 0.15) is 63.4 Å². The molecule has 5 nitrogen and oxygen atoms in total. The molecular formula is C22H32N4O. The summed E-state index contributed by atoms with van der Waals surface area (Å²) in [6.07, 6.45) is 7.62. The number of carbonyl (C=O) groups excluding carboxylic acids is 1. The van der Waals surface area contributed by atoms with Crippen molar-refractivity contribution in [2.45, 2.75) is 75.9 Å². The van der Waals surface area contributed by atoms with Crippen molar-refractivity contribution in [3.63, 3.8) is 0 Å². The van der Waals surface area contributed by atoms with Crippen molar-refractivity contribution in [3.8, 4) is 0 Å². The van der Waals surface area contributed by atoms with E-state index in [4.69, 9.17) is 0 Å². The quantitative estimate of drug-likeness (QED) is 0.534.